The molecular weight excluding hydrogens is 252 g/mol. The minimum atomic E-state index is -0.288. The van der Waals surface area contributed by atoms with Crippen molar-refractivity contribution in [3.63, 3.8) is 0 Å². The summed E-state index contributed by atoms with van der Waals surface area (Å²) >= 11 is 0. The number of likely N-dealkylation sites (N-methyl/N-ethyl adjacent to an activating group) is 1. The van der Waals surface area contributed by atoms with Gasteiger partial charge in [-0.2, -0.15) is 0 Å². The monoisotopic (exact) mass is 274 g/mol. The molecule has 0 saturated carbocycles. The molecule has 1 aromatic heterocycles. The fourth-order valence-electron chi connectivity index (χ4n) is 2.18. The average molecular weight is 274 g/mol. The predicted molar refractivity (Wildman–Crippen MR) is 81.0 cm³/mol. The summed E-state index contributed by atoms with van der Waals surface area (Å²) in [6.45, 7) is 5.52. The number of aliphatic hydroxyl groups excluding tert-OH is 1. The zero-order valence-corrected chi connectivity index (χ0v) is 12.1. The van der Waals surface area contributed by atoms with Crippen LogP contribution in [-0.2, 0) is 0 Å². The normalized spacial score (nSPS) is 14.2. The zero-order valence-electron chi connectivity index (χ0n) is 12.1. The van der Waals surface area contributed by atoms with E-state index < -0.39 is 0 Å². The van der Waals surface area contributed by atoms with Gasteiger partial charge in [-0.3, -0.25) is 4.98 Å². The molecule has 2 N–H and O–H groups in total. The number of hydrogen-bond acceptors (Lipinski definition) is 4. The van der Waals surface area contributed by atoms with Crippen molar-refractivity contribution in [2.45, 2.75) is 25.8 Å². The molecular formula is C16H22N2O2. The fourth-order valence-corrected chi connectivity index (χ4v) is 2.18. The van der Waals surface area contributed by atoms with Gasteiger partial charge in [-0.25, -0.2) is 0 Å². The number of hydrogen-bond donors (Lipinski definition) is 2. The van der Waals surface area contributed by atoms with Gasteiger partial charge in [-0.1, -0.05) is 13.0 Å². The van der Waals surface area contributed by atoms with Crippen LogP contribution in [0.1, 0.15) is 20.3 Å². The van der Waals surface area contributed by atoms with Crippen molar-refractivity contribution in [1.82, 2.24) is 10.3 Å². The topological polar surface area (TPSA) is 54.4 Å². The molecule has 0 spiro atoms. The van der Waals surface area contributed by atoms with Gasteiger partial charge in [0.1, 0.15) is 5.75 Å². The number of aromatic nitrogens is 1. The largest absolute Gasteiger partial charge is 0.493 e. The summed E-state index contributed by atoms with van der Waals surface area (Å²) in [5.41, 5.74) is 0.644. The Hall–Kier alpha value is -1.65. The van der Waals surface area contributed by atoms with E-state index in [0.29, 0.717) is 6.61 Å². The van der Waals surface area contributed by atoms with E-state index >= 15 is 0 Å². The third kappa shape index (κ3) is 3.68. The molecule has 2 aromatic rings. The highest BCUT2D eigenvalue weighted by molar-refractivity contribution is 5.79. The molecule has 20 heavy (non-hydrogen) atoms. The number of nitrogens with zero attached hydrogens (tertiary/aromatic N) is 1. The van der Waals surface area contributed by atoms with Crippen molar-refractivity contribution >= 4 is 10.9 Å². The third-order valence-electron chi connectivity index (χ3n) is 3.45. The standard InChI is InChI=1S/C16H22N2O2/c1-3-18-16(2,12-19)8-10-20-14-7-6-13-5-4-9-17-15(13)11-14/h4-7,9,11,18-19H,3,8,10,12H2,1-2H3. The van der Waals surface area contributed by atoms with E-state index in [1.54, 1.807) is 6.20 Å². The van der Waals surface area contributed by atoms with Crippen LogP contribution in [0.2, 0.25) is 0 Å². The van der Waals surface area contributed by atoms with Crippen LogP contribution in [0.4, 0.5) is 0 Å². The summed E-state index contributed by atoms with van der Waals surface area (Å²) in [6.07, 6.45) is 2.53. The molecule has 1 aromatic carbocycles. The Labute approximate surface area is 119 Å². The molecule has 0 bridgehead atoms. The Morgan fingerprint density at radius 1 is 1.35 bits per heavy atom. The molecule has 108 valence electrons. The molecule has 0 aliphatic heterocycles. The second-order valence-corrected chi connectivity index (χ2v) is 5.21. The van der Waals surface area contributed by atoms with Crippen molar-refractivity contribution in [2.24, 2.45) is 0 Å². The first-order valence-corrected chi connectivity index (χ1v) is 7.00. The summed E-state index contributed by atoms with van der Waals surface area (Å²) in [6, 6.07) is 9.85. The summed E-state index contributed by atoms with van der Waals surface area (Å²) in [5.74, 6) is 0.813. The number of nitrogens with one attached hydrogen (secondary N) is 1. The number of pyridine rings is 1. The van der Waals surface area contributed by atoms with Crippen molar-refractivity contribution < 1.29 is 9.84 Å². The SMILES string of the molecule is CCNC(C)(CO)CCOc1ccc2cccnc2c1. The van der Waals surface area contributed by atoms with E-state index in [0.717, 1.165) is 29.6 Å². The van der Waals surface area contributed by atoms with Gasteiger partial charge in [0.15, 0.2) is 0 Å². The Balaban J connectivity index is 1.95. The molecule has 2 rings (SSSR count). The molecule has 0 radical (unpaired) electrons. The average Bonchev–Trinajstić information content (AvgIpc) is 2.47. The van der Waals surface area contributed by atoms with Crippen LogP contribution < -0.4 is 10.1 Å². The first-order chi connectivity index (χ1) is 9.67. The van der Waals surface area contributed by atoms with E-state index in [1.165, 1.54) is 0 Å². The van der Waals surface area contributed by atoms with E-state index in [4.69, 9.17) is 4.74 Å². The molecule has 1 unspecified atom stereocenters. The molecule has 4 nitrogen and oxygen atoms in total. The summed E-state index contributed by atoms with van der Waals surface area (Å²) < 4.78 is 5.77. The maximum atomic E-state index is 9.43. The number of benzene rings is 1. The lowest BCUT2D eigenvalue weighted by Gasteiger charge is -2.28. The van der Waals surface area contributed by atoms with Crippen LogP contribution in [0, 0.1) is 0 Å². The number of aliphatic hydroxyl groups is 1. The Kier molecular flexibility index (Phi) is 4.93. The lowest BCUT2D eigenvalue weighted by Crippen LogP contribution is -2.46. The van der Waals surface area contributed by atoms with E-state index in [2.05, 4.69) is 10.3 Å². The van der Waals surface area contributed by atoms with Crippen molar-refractivity contribution in [1.29, 1.82) is 0 Å². The number of ether oxygens (including phenoxy) is 1. The lowest BCUT2D eigenvalue weighted by molar-refractivity contribution is 0.146. The van der Waals surface area contributed by atoms with Gasteiger partial charge < -0.3 is 15.2 Å². The van der Waals surface area contributed by atoms with E-state index in [9.17, 15) is 5.11 Å². The van der Waals surface area contributed by atoms with Gasteiger partial charge >= 0.3 is 0 Å². The first kappa shape index (κ1) is 14.8. The Morgan fingerprint density at radius 2 is 2.20 bits per heavy atom. The highest BCUT2D eigenvalue weighted by Crippen LogP contribution is 2.19. The van der Waals surface area contributed by atoms with Crippen LogP contribution in [0.3, 0.4) is 0 Å². The van der Waals surface area contributed by atoms with Crippen LogP contribution in [-0.4, -0.2) is 35.4 Å². The van der Waals surface area contributed by atoms with Gasteiger partial charge in [0.05, 0.1) is 18.7 Å². The molecule has 0 aliphatic carbocycles. The molecule has 0 fully saturated rings. The fraction of sp³-hybridized carbons (Fsp3) is 0.438. The second-order valence-electron chi connectivity index (χ2n) is 5.21. The Morgan fingerprint density at radius 3 is 2.95 bits per heavy atom. The van der Waals surface area contributed by atoms with Crippen LogP contribution in [0.15, 0.2) is 36.5 Å². The first-order valence-electron chi connectivity index (χ1n) is 7.00. The Bertz CT molecular complexity index is 559. The highest BCUT2D eigenvalue weighted by atomic mass is 16.5. The molecule has 1 heterocycles. The summed E-state index contributed by atoms with van der Waals surface area (Å²) in [7, 11) is 0. The van der Waals surface area contributed by atoms with Crippen LogP contribution >= 0.6 is 0 Å². The summed E-state index contributed by atoms with van der Waals surface area (Å²) in [5, 5.41) is 13.8. The molecule has 0 aliphatic rings. The maximum Gasteiger partial charge on any atom is 0.121 e. The van der Waals surface area contributed by atoms with Gasteiger partial charge in [0, 0.05) is 29.6 Å². The van der Waals surface area contributed by atoms with Gasteiger partial charge in [-0.05, 0) is 31.7 Å². The minimum Gasteiger partial charge on any atom is -0.493 e. The smallest absolute Gasteiger partial charge is 0.121 e. The zero-order chi connectivity index (χ0) is 14.4. The van der Waals surface area contributed by atoms with Gasteiger partial charge in [-0.15, -0.1) is 0 Å². The predicted octanol–water partition coefficient (Wildman–Crippen LogP) is 2.36. The van der Waals surface area contributed by atoms with Gasteiger partial charge in [0.25, 0.3) is 0 Å². The lowest BCUT2D eigenvalue weighted by atomic mass is 10.00. The second kappa shape index (κ2) is 6.68. The molecule has 1 atom stereocenters. The highest BCUT2D eigenvalue weighted by Gasteiger charge is 2.21. The molecule has 0 amide bonds. The third-order valence-corrected chi connectivity index (χ3v) is 3.45. The molecule has 0 saturated heterocycles. The van der Waals surface area contributed by atoms with Gasteiger partial charge in [0.2, 0.25) is 0 Å². The number of fused-ring (bicyclic) bond motifs is 1. The minimum absolute atomic E-state index is 0.101. The van der Waals surface area contributed by atoms with E-state index in [-0.39, 0.29) is 12.1 Å². The maximum absolute atomic E-state index is 9.43. The van der Waals surface area contributed by atoms with Crippen molar-refractivity contribution in [2.75, 3.05) is 19.8 Å². The van der Waals surface area contributed by atoms with Crippen LogP contribution in [0.5, 0.6) is 5.75 Å². The number of rotatable bonds is 7. The van der Waals surface area contributed by atoms with Crippen molar-refractivity contribution in [3.05, 3.63) is 36.5 Å². The van der Waals surface area contributed by atoms with Crippen LogP contribution in [0.25, 0.3) is 10.9 Å². The molecule has 4 heteroatoms. The van der Waals surface area contributed by atoms with Crippen molar-refractivity contribution in [3.8, 4) is 5.75 Å². The van der Waals surface area contributed by atoms with E-state index in [1.807, 2.05) is 44.2 Å². The summed E-state index contributed by atoms with van der Waals surface area (Å²) in [4.78, 5) is 4.31. The quantitative estimate of drug-likeness (QED) is 0.814.